The van der Waals surface area contributed by atoms with Gasteiger partial charge in [-0.2, -0.15) is 0 Å². The molecule has 0 radical (unpaired) electrons. The van der Waals surface area contributed by atoms with Crippen LogP contribution in [0.1, 0.15) is 34.1 Å². The zero-order valence-electron chi connectivity index (χ0n) is 4.44. The van der Waals surface area contributed by atoms with Crippen LogP contribution >= 0.6 is 0 Å². The van der Waals surface area contributed by atoms with E-state index in [1.165, 1.54) is 12.8 Å². The van der Waals surface area contributed by atoms with Crippen LogP contribution in [0.25, 0.3) is 0 Å². The third-order valence-corrected chi connectivity index (χ3v) is 1.16. The average Bonchev–Trinajstić information content (AvgIpc) is 1.69. The topological polar surface area (TPSA) is 9.23 Å². The summed E-state index contributed by atoms with van der Waals surface area (Å²) in [7, 11) is 0. The van der Waals surface area contributed by atoms with Gasteiger partial charge in [-0.1, -0.05) is 21.4 Å². The molecule has 1 nitrogen and oxygen atoms in total. The van der Waals surface area contributed by atoms with Gasteiger partial charge in [0.2, 0.25) is 0 Å². The van der Waals surface area contributed by atoms with Gasteiger partial charge in [0.25, 0.3) is 0 Å². The van der Waals surface area contributed by atoms with Crippen molar-refractivity contribution in [3.63, 3.8) is 0 Å². The number of rotatable bonds is 0. The first kappa shape index (κ1) is 11.4. The third kappa shape index (κ3) is 4.07. The molecule has 1 rings (SSSR count). The Hall–Kier alpha value is -0.460. The monoisotopic (exact) mass is 130 g/mol. The predicted molar refractivity (Wildman–Crippen MR) is 42.4 cm³/mol. The fraction of sp³-hybridized carbons (Fsp3) is 0.750. The minimum Gasteiger partial charge on any atom is -0.499 e. The summed E-state index contributed by atoms with van der Waals surface area (Å²) in [5.41, 5.74) is 0. The van der Waals surface area contributed by atoms with Crippen molar-refractivity contribution >= 4 is 0 Å². The Morgan fingerprint density at radius 1 is 1.22 bits per heavy atom. The van der Waals surface area contributed by atoms with Gasteiger partial charge in [-0.3, -0.25) is 0 Å². The van der Waals surface area contributed by atoms with E-state index in [0.717, 1.165) is 18.8 Å². The van der Waals surface area contributed by atoms with Gasteiger partial charge in [0.15, 0.2) is 0 Å². The number of hydrogen-bond acceptors (Lipinski definition) is 1. The first-order chi connectivity index (χ1) is 3.39. The summed E-state index contributed by atoms with van der Waals surface area (Å²) in [4.78, 5) is 0. The molecule has 0 bridgehead atoms. The van der Waals surface area contributed by atoms with Crippen molar-refractivity contribution in [3.05, 3.63) is 12.3 Å². The molecule has 0 aliphatic carbocycles. The summed E-state index contributed by atoms with van der Waals surface area (Å²) in [5, 5.41) is 0. The maximum absolute atomic E-state index is 5.08. The third-order valence-electron chi connectivity index (χ3n) is 1.16. The number of allylic oxidation sites excluding steroid dienone is 1. The standard InChI is InChI=1S/C6H10O.2CH4/c1-6-4-2-3-5-7-6;;/h1-5H2;2*1H4. The van der Waals surface area contributed by atoms with E-state index in [4.69, 9.17) is 4.74 Å². The molecule has 1 heteroatoms. The van der Waals surface area contributed by atoms with Crippen molar-refractivity contribution in [1.82, 2.24) is 0 Å². The first-order valence-electron chi connectivity index (χ1n) is 2.70. The molecule has 1 heterocycles. The average molecular weight is 130 g/mol. The van der Waals surface area contributed by atoms with Crippen molar-refractivity contribution in [2.75, 3.05) is 6.61 Å². The van der Waals surface area contributed by atoms with Crippen LogP contribution in [0.2, 0.25) is 0 Å². The van der Waals surface area contributed by atoms with Gasteiger partial charge >= 0.3 is 0 Å². The highest BCUT2D eigenvalue weighted by Gasteiger charge is 2.00. The van der Waals surface area contributed by atoms with Crippen molar-refractivity contribution in [1.29, 1.82) is 0 Å². The fourth-order valence-corrected chi connectivity index (χ4v) is 0.713. The van der Waals surface area contributed by atoms with E-state index in [0.29, 0.717) is 0 Å². The molecule has 56 valence electrons. The van der Waals surface area contributed by atoms with E-state index in [9.17, 15) is 0 Å². The van der Waals surface area contributed by atoms with Crippen LogP contribution in [0.5, 0.6) is 0 Å². The smallest absolute Gasteiger partial charge is 0.0888 e. The van der Waals surface area contributed by atoms with Gasteiger partial charge in [0.1, 0.15) is 0 Å². The predicted octanol–water partition coefficient (Wildman–Crippen LogP) is 2.97. The summed E-state index contributed by atoms with van der Waals surface area (Å²) >= 11 is 0. The summed E-state index contributed by atoms with van der Waals surface area (Å²) in [6, 6.07) is 0. The molecule has 1 fully saturated rings. The minimum atomic E-state index is 0. The first-order valence-corrected chi connectivity index (χ1v) is 2.70. The van der Waals surface area contributed by atoms with Crippen molar-refractivity contribution in [2.45, 2.75) is 34.1 Å². The summed E-state index contributed by atoms with van der Waals surface area (Å²) in [5.74, 6) is 0.964. The van der Waals surface area contributed by atoms with Crippen molar-refractivity contribution < 1.29 is 4.74 Å². The Bertz CT molecular complexity index is 68.6. The number of ether oxygens (including phenoxy) is 1. The SMILES string of the molecule is C.C.C=C1CCCCO1. The molecular weight excluding hydrogens is 112 g/mol. The quantitative estimate of drug-likeness (QED) is 0.490. The van der Waals surface area contributed by atoms with Gasteiger partial charge in [0, 0.05) is 6.42 Å². The van der Waals surface area contributed by atoms with Gasteiger partial charge in [-0.15, -0.1) is 0 Å². The zero-order chi connectivity index (χ0) is 5.11. The Balaban J connectivity index is 0. The Morgan fingerprint density at radius 3 is 2.11 bits per heavy atom. The van der Waals surface area contributed by atoms with Crippen LogP contribution in [-0.2, 0) is 4.74 Å². The lowest BCUT2D eigenvalue weighted by Gasteiger charge is -2.13. The van der Waals surface area contributed by atoms with E-state index in [1.807, 2.05) is 0 Å². The second-order valence-corrected chi connectivity index (χ2v) is 1.84. The lowest BCUT2D eigenvalue weighted by atomic mass is 10.2. The molecule has 1 aliphatic heterocycles. The fourth-order valence-electron chi connectivity index (χ4n) is 0.713. The normalized spacial score (nSPS) is 16.7. The highest BCUT2D eigenvalue weighted by atomic mass is 16.5. The second kappa shape index (κ2) is 5.67. The molecule has 0 aromatic heterocycles. The van der Waals surface area contributed by atoms with Gasteiger partial charge in [-0.05, 0) is 12.8 Å². The highest BCUT2D eigenvalue weighted by molar-refractivity contribution is 4.84. The molecule has 9 heavy (non-hydrogen) atoms. The van der Waals surface area contributed by atoms with Crippen LogP contribution < -0.4 is 0 Å². The zero-order valence-corrected chi connectivity index (χ0v) is 4.44. The summed E-state index contributed by atoms with van der Waals surface area (Å²) in [6.07, 6.45) is 3.54. The van der Waals surface area contributed by atoms with Crippen LogP contribution in [-0.4, -0.2) is 6.61 Å². The van der Waals surface area contributed by atoms with E-state index in [-0.39, 0.29) is 14.9 Å². The lowest BCUT2D eigenvalue weighted by molar-refractivity contribution is 0.168. The largest absolute Gasteiger partial charge is 0.499 e. The second-order valence-electron chi connectivity index (χ2n) is 1.84. The number of hydrogen-bond donors (Lipinski definition) is 0. The minimum absolute atomic E-state index is 0. The van der Waals surface area contributed by atoms with E-state index >= 15 is 0 Å². The molecule has 0 aromatic carbocycles. The maximum Gasteiger partial charge on any atom is 0.0888 e. The molecule has 0 saturated carbocycles. The summed E-state index contributed by atoms with van der Waals surface area (Å²) in [6.45, 7) is 4.58. The van der Waals surface area contributed by atoms with Crippen LogP contribution in [0.4, 0.5) is 0 Å². The van der Waals surface area contributed by atoms with Crippen LogP contribution in [0, 0.1) is 0 Å². The van der Waals surface area contributed by atoms with Gasteiger partial charge in [-0.25, -0.2) is 0 Å². The van der Waals surface area contributed by atoms with Crippen LogP contribution in [0.15, 0.2) is 12.3 Å². The molecule has 0 spiro atoms. The Labute approximate surface area is 58.7 Å². The molecule has 0 unspecified atom stereocenters. The molecular formula is C8H18O. The maximum atomic E-state index is 5.08. The molecule has 0 N–H and O–H groups in total. The van der Waals surface area contributed by atoms with Gasteiger partial charge in [0.05, 0.1) is 12.4 Å². The molecule has 1 aliphatic rings. The lowest BCUT2D eigenvalue weighted by Crippen LogP contribution is -2.00. The van der Waals surface area contributed by atoms with E-state index < -0.39 is 0 Å². The Kier molecular flexibility index (Phi) is 7.15. The Morgan fingerprint density at radius 2 is 1.89 bits per heavy atom. The molecule has 0 aromatic rings. The molecule has 1 saturated heterocycles. The molecule has 0 atom stereocenters. The highest BCUT2D eigenvalue weighted by Crippen LogP contribution is 2.12. The van der Waals surface area contributed by atoms with E-state index in [1.54, 1.807) is 0 Å². The van der Waals surface area contributed by atoms with Crippen molar-refractivity contribution in [2.24, 2.45) is 0 Å². The molecule has 0 amide bonds. The van der Waals surface area contributed by atoms with E-state index in [2.05, 4.69) is 6.58 Å². The van der Waals surface area contributed by atoms with Crippen LogP contribution in [0.3, 0.4) is 0 Å². The van der Waals surface area contributed by atoms with Gasteiger partial charge < -0.3 is 4.74 Å². The van der Waals surface area contributed by atoms with Crippen molar-refractivity contribution in [3.8, 4) is 0 Å². The summed E-state index contributed by atoms with van der Waals surface area (Å²) < 4.78 is 5.08.